The second kappa shape index (κ2) is 7.88. The summed E-state index contributed by atoms with van der Waals surface area (Å²) in [5, 5.41) is 3.52. The third kappa shape index (κ3) is 5.51. The van der Waals surface area contributed by atoms with Gasteiger partial charge in [0.05, 0.1) is 6.61 Å². The summed E-state index contributed by atoms with van der Waals surface area (Å²) in [5.74, 6) is 0.955. The second-order valence-corrected chi connectivity index (χ2v) is 5.78. The Morgan fingerprint density at radius 1 is 1.26 bits per heavy atom. The summed E-state index contributed by atoms with van der Waals surface area (Å²) in [7, 11) is 0. The highest BCUT2D eigenvalue weighted by Gasteiger charge is 2.20. The molecule has 0 bridgehead atoms. The van der Waals surface area contributed by atoms with Crippen molar-refractivity contribution in [2.24, 2.45) is 0 Å². The van der Waals surface area contributed by atoms with Crippen molar-refractivity contribution >= 4 is 15.9 Å². The Kier molecular flexibility index (Phi) is 6.14. The average molecular weight is 328 g/mol. The average Bonchev–Trinajstić information content (AvgIpc) is 3.22. The minimum atomic E-state index is 0.609. The van der Waals surface area contributed by atoms with Gasteiger partial charge in [0, 0.05) is 29.2 Å². The van der Waals surface area contributed by atoms with Crippen LogP contribution in [-0.2, 0) is 11.3 Å². The van der Waals surface area contributed by atoms with E-state index in [1.807, 2.05) is 12.1 Å². The van der Waals surface area contributed by atoms with E-state index in [-0.39, 0.29) is 0 Å². The predicted molar refractivity (Wildman–Crippen MR) is 80.6 cm³/mol. The van der Waals surface area contributed by atoms with E-state index < -0.39 is 0 Å². The van der Waals surface area contributed by atoms with Gasteiger partial charge in [0.2, 0.25) is 0 Å². The molecule has 1 saturated carbocycles. The largest absolute Gasteiger partial charge is 0.491 e. The molecule has 0 saturated heterocycles. The molecular weight excluding hydrogens is 306 g/mol. The van der Waals surface area contributed by atoms with Gasteiger partial charge in [-0.1, -0.05) is 22.9 Å². The summed E-state index contributed by atoms with van der Waals surface area (Å²) >= 11 is 3.51. The molecule has 1 aliphatic rings. The van der Waals surface area contributed by atoms with E-state index in [1.165, 1.54) is 18.4 Å². The molecule has 1 N–H and O–H groups in total. The molecule has 2 rings (SSSR count). The van der Waals surface area contributed by atoms with Crippen LogP contribution in [0, 0.1) is 0 Å². The van der Waals surface area contributed by atoms with E-state index in [2.05, 4.69) is 34.2 Å². The third-order valence-electron chi connectivity index (χ3n) is 3.01. The molecule has 106 valence electrons. The highest BCUT2D eigenvalue weighted by molar-refractivity contribution is 9.10. The molecule has 0 aromatic heterocycles. The van der Waals surface area contributed by atoms with Crippen molar-refractivity contribution in [3.8, 4) is 5.75 Å². The molecule has 0 aliphatic heterocycles. The Hall–Kier alpha value is -0.580. The zero-order valence-corrected chi connectivity index (χ0v) is 13.0. The van der Waals surface area contributed by atoms with Crippen molar-refractivity contribution in [1.29, 1.82) is 0 Å². The Morgan fingerprint density at radius 3 is 2.84 bits per heavy atom. The number of hydrogen-bond acceptors (Lipinski definition) is 3. The Morgan fingerprint density at radius 2 is 2.11 bits per heavy atom. The van der Waals surface area contributed by atoms with E-state index in [4.69, 9.17) is 9.47 Å². The van der Waals surface area contributed by atoms with Crippen LogP contribution in [0.25, 0.3) is 0 Å². The van der Waals surface area contributed by atoms with Crippen LogP contribution in [0.15, 0.2) is 22.7 Å². The summed E-state index contributed by atoms with van der Waals surface area (Å²) < 4.78 is 12.3. The van der Waals surface area contributed by atoms with Crippen molar-refractivity contribution in [3.05, 3.63) is 28.2 Å². The van der Waals surface area contributed by atoms with Crippen molar-refractivity contribution in [2.45, 2.75) is 38.8 Å². The molecule has 1 aromatic carbocycles. The molecule has 1 aromatic rings. The van der Waals surface area contributed by atoms with Gasteiger partial charge in [-0.05, 0) is 37.5 Å². The SMILES string of the molecule is CCCOCCOc1ccc(Br)cc1CNC1CC1. The number of ether oxygens (including phenoxy) is 2. The number of benzene rings is 1. The molecule has 1 fully saturated rings. The quantitative estimate of drug-likeness (QED) is 0.704. The van der Waals surface area contributed by atoms with Gasteiger partial charge in [-0.2, -0.15) is 0 Å². The van der Waals surface area contributed by atoms with Gasteiger partial charge in [-0.15, -0.1) is 0 Å². The zero-order chi connectivity index (χ0) is 13.5. The van der Waals surface area contributed by atoms with Crippen molar-refractivity contribution in [2.75, 3.05) is 19.8 Å². The van der Waals surface area contributed by atoms with Crippen LogP contribution in [0.3, 0.4) is 0 Å². The first-order valence-corrected chi connectivity index (χ1v) is 7.81. The standard InChI is InChI=1S/C15H22BrNO2/c1-2-7-18-8-9-19-15-6-3-13(16)10-12(15)11-17-14-4-5-14/h3,6,10,14,17H,2,4-5,7-9,11H2,1H3. The highest BCUT2D eigenvalue weighted by atomic mass is 79.9. The van der Waals surface area contributed by atoms with Crippen LogP contribution in [0.1, 0.15) is 31.7 Å². The molecule has 0 heterocycles. The topological polar surface area (TPSA) is 30.5 Å². The number of halogens is 1. The lowest BCUT2D eigenvalue weighted by molar-refractivity contribution is 0.100. The Bertz CT molecular complexity index is 394. The summed E-state index contributed by atoms with van der Waals surface area (Å²) in [6, 6.07) is 6.87. The lowest BCUT2D eigenvalue weighted by Gasteiger charge is -2.13. The lowest BCUT2D eigenvalue weighted by atomic mass is 10.2. The van der Waals surface area contributed by atoms with Crippen LogP contribution < -0.4 is 10.1 Å². The first kappa shape index (κ1) is 14.8. The highest BCUT2D eigenvalue weighted by Crippen LogP contribution is 2.25. The zero-order valence-electron chi connectivity index (χ0n) is 11.5. The van der Waals surface area contributed by atoms with Gasteiger partial charge in [-0.25, -0.2) is 0 Å². The normalized spacial score (nSPS) is 14.6. The van der Waals surface area contributed by atoms with Gasteiger partial charge in [0.1, 0.15) is 12.4 Å². The lowest BCUT2D eigenvalue weighted by Crippen LogP contribution is -2.16. The number of nitrogens with one attached hydrogen (secondary N) is 1. The van der Waals surface area contributed by atoms with Gasteiger partial charge in [0.15, 0.2) is 0 Å². The fraction of sp³-hybridized carbons (Fsp3) is 0.600. The van der Waals surface area contributed by atoms with Crippen LogP contribution in [0.2, 0.25) is 0 Å². The first-order valence-electron chi connectivity index (χ1n) is 7.02. The van der Waals surface area contributed by atoms with Gasteiger partial charge < -0.3 is 14.8 Å². The summed E-state index contributed by atoms with van der Waals surface area (Å²) in [4.78, 5) is 0. The number of hydrogen-bond donors (Lipinski definition) is 1. The van der Waals surface area contributed by atoms with E-state index in [0.717, 1.165) is 29.8 Å². The smallest absolute Gasteiger partial charge is 0.123 e. The molecule has 4 heteroatoms. The molecule has 0 radical (unpaired) electrons. The minimum absolute atomic E-state index is 0.609. The minimum Gasteiger partial charge on any atom is -0.491 e. The fourth-order valence-electron chi connectivity index (χ4n) is 1.83. The molecule has 0 spiro atoms. The molecular formula is C15H22BrNO2. The second-order valence-electron chi connectivity index (χ2n) is 4.87. The maximum atomic E-state index is 5.81. The monoisotopic (exact) mass is 327 g/mol. The first-order chi connectivity index (χ1) is 9.29. The van der Waals surface area contributed by atoms with Crippen molar-refractivity contribution in [1.82, 2.24) is 5.32 Å². The van der Waals surface area contributed by atoms with Crippen LogP contribution in [-0.4, -0.2) is 25.9 Å². The number of rotatable bonds is 9. The van der Waals surface area contributed by atoms with Gasteiger partial charge in [0.25, 0.3) is 0 Å². The maximum absolute atomic E-state index is 5.81. The van der Waals surface area contributed by atoms with Crippen LogP contribution in [0.4, 0.5) is 0 Å². The van der Waals surface area contributed by atoms with Gasteiger partial charge >= 0.3 is 0 Å². The van der Waals surface area contributed by atoms with Crippen LogP contribution >= 0.6 is 15.9 Å². The fourth-order valence-corrected chi connectivity index (χ4v) is 2.23. The molecule has 1 aliphatic carbocycles. The molecule has 0 amide bonds. The third-order valence-corrected chi connectivity index (χ3v) is 3.51. The molecule has 0 unspecified atom stereocenters. The predicted octanol–water partition coefficient (Wildman–Crippen LogP) is 3.51. The van der Waals surface area contributed by atoms with Crippen molar-refractivity contribution in [3.63, 3.8) is 0 Å². The van der Waals surface area contributed by atoms with E-state index in [9.17, 15) is 0 Å². The summed E-state index contributed by atoms with van der Waals surface area (Å²) in [5.41, 5.74) is 1.21. The van der Waals surface area contributed by atoms with E-state index in [1.54, 1.807) is 0 Å². The van der Waals surface area contributed by atoms with E-state index >= 15 is 0 Å². The van der Waals surface area contributed by atoms with E-state index in [0.29, 0.717) is 19.3 Å². The summed E-state index contributed by atoms with van der Waals surface area (Å²) in [6.45, 7) is 5.05. The Balaban J connectivity index is 1.82. The molecule has 19 heavy (non-hydrogen) atoms. The van der Waals surface area contributed by atoms with Gasteiger partial charge in [-0.3, -0.25) is 0 Å². The molecule has 3 nitrogen and oxygen atoms in total. The molecule has 0 atom stereocenters. The maximum Gasteiger partial charge on any atom is 0.123 e. The van der Waals surface area contributed by atoms with Crippen molar-refractivity contribution < 1.29 is 9.47 Å². The Labute approximate surface area is 123 Å². The van der Waals surface area contributed by atoms with Crippen LogP contribution in [0.5, 0.6) is 5.75 Å². The summed E-state index contributed by atoms with van der Waals surface area (Å²) in [6.07, 6.45) is 3.65.